The van der Waals surface area contributed by atoms with Crippen molar-refractivity contribution in [3.63, 3.8) is 0 Å². The van der Waals surface area contributed by atoms with Crippen LogP contribution in [0.4, 0.5) is 10.5 Å². The van der Waals surface area contributed by atoms with Crippen LogP contribution in [0.1, 0.15) is 33.3 Å². The van der Waals surface area contributed by atoms with Crippen LogP contribution in [0.15, 0.2) is 42.5 Å². The van der Waals surface area contributed by atoms with Gasteiger partial charge in [-0.2, -0.15) is 4.89 Å². The van der Waals surface area contributed by atoms with Crippen LogP contribution in [0.25, 0.3) is 10.8 Å². The Bertz CT molecular complexity index is 805. The number of hydrogen-bond acceptors (Lipinski definition) is 4. The molecule has 0 aromatic heterocycles. The average Bonchev–Trinajstić information content (AvgIpc) is 2.57. The van der Waals surface area contributed by atoms with Crippen molar-refractivity contribution >= 4 is 22.6 Å². The molecule has 0 N–H and O–H groups in total. The molecule has 0 saturated carbocycles. The van der Waals surface area contributed by atoms with Crippen molar-refractivity contribution in [1.82, 2.24) is 0 Å². The van der Waals surface area contributed by atoms with Crippen molar-refractivity contribution in [2.75, 3.05) is 18.6 Å². The van der Waals surface area contributed by atoms with E-state index in [0.717, 1.165) is 22.0 Å². The quantitative estimate of drug-likeness (QED) is 0.408. The summed E-state index contributed by atoms with van der Waals surface area (Å²) in [6.07, 6.45) is 3.41. The first-order valence-electron chi connectivity index (χ1n) is 8.63. The predicted molar refractivity (Wildman–Crippen MR) is 105 cm³/mol. The van der Waals surface area contributed by atoms with Gasteiger partial charge in [0.2, 0.25) is 0 Å². The van der Waals surface area contributed by atoms with Gasteiger partial charge in [0.05, 0.1) is 12.8 Å². The van der Waals surface area contributed by atoms with Gasteiger partial charge in [0.25, 0.3) is 0 Å². The zero-order valence-corrected chi connectivity index (χ0v) is 16.3. The van der Waals surface area contributed by atoms with E-state index in [9.17, 15) is 4.79 Å². The monoisotopic (exact) mass is 357 g/mol. The number of fused-ring (bicyclic) bond motifs is 1. The zero-order valence-electron chi connectivity index (χ0n) is 16.3. The van der Waals surface area contributed by atoms with Gasteiger partial charge in [-0.05, 0) is 46.1 Å². The van der Waals surface area contributed by atoms with Crippen molar-refractivity contribution < 1.29 is 19.3 Å². The molecule has 5 heteroatoms. The largest absolute Gasteiger partial charge is 0.443 e. The fraction of sp³-hybridized carbons (Fsp3) is 0.381. The van der Waals surface area contributed by atoms with Gasteiger partial charge in [-0.15, -0.1) is 0 Å². The number of allylic oxidation sites excluding steroid dienone is 1. The Balaban J connectivity index is 2.61. The Kier molecular flexibility index (Phi) is 6.27. The molecular formula is C21H27NO4. The lowest BCUT2D eigenvalue weighted by atomic mass is 10.0. The minimum Gasteiger partial charge on any atom is -0.443 e. The first-order valence-corrected chi connectivity index (χ1v) is 8.63. The summed E-state index contributed by atoms with van der Waals surface area (Å²) in [4.78, 5) is 24.8. The molecule has 0 saturated heterocycles. The van der Waals surface area contributed by atoms with E-state index in [4.69, 9.17) is 14.5 Å². The van der Waals surface area contributed by atoms with Gasteiger partial charge in [0, 0.05) is 17.5 Å². The highest BCUT2D eigenvalue weighted by atomic mass is 17.2. The highest BCUT2D eigenvalue weighted by molar-refractivity contribution is 5.98. The Hall–Kier alpha value is -2.53. The number of benzene rings is 2. The maximum Gasteiger partial charge on any atom is 0.415 e. The molecule has 0 radical (unpaired) electrons. The topological polar surface area (TPSA) is 48.0 Å². The summed E-state index contributed by atoms with van der Waals surface area (Å²) < 4.78 is 5.60. The predicted octanol–water partition coefficient (Wildman–Crippen LogP) is 5.41. The number of amides is 1. The highest BCUT2D eigenvalue weighted by Crippen LogP contribution is 2.37. The molecule has 26 heavy (non-hydrogen) atoms. The van der Waals surface area contributed by atoms with E-state index < -0.39 is 11.7 Å². The van der Waals surface area contributed by atoms with Gasteiger partial charge in [0.1, 0.15) is 5.60 Å². The maximum atomic E-state index is 12.8. The van der Waals surface area contributed by atoms with E-state index in [1.54, 1.807) is 4.90 Å². The van der Waals surface area contributed by atoms with Crippen molar-refractivity contribution in [3.05, 3.63) is 48.0 Å². The van der Waals surface area contributed by atoms with Crippen molar-refractivity contribution in [2.24, 2.45) is 0 Å². The van der Waals surface area contributed by atoms with Gasteiger partial charge in [-0.1, -0.05) is 36.4 Å². The van der Waals surface area contributed by atoms with Crippen LogP contribution < -0.4 is 9.79 Å². The Morgan fingerprint density at radius 1 is 1.23 bits per heavy atom. The molecule has 0 spiro atoms. The number of nitrogens with zero attached hydrogens (tertiary/aromatic N) is 1. The molecule has 0 aliphatic rings. The molecule has 140 valence electrons. The molecule has 0 aliphatic carbocycles. The Morgan fingerprint density at radius 2 is 1.92 bits per heavy atom. The third-order valence-electron chi connectivity index (χ3n) is 3.82. The second-order valence-corrected chi connectivity index (χ2v) is 6.98. The van der Waals surface area contributed by atoms with E-state index in [1.165, 1.54) is 7.11 Å². The van der Waals surface area contributed by atoms with Gasteiger partial charge in [-0.25, -0.2) is 4.79 Å². The molecule has 0 fully saturated rings. The molecule has 0 heterocycles. The molecule has 0 bridgehead atoms. The van der Waals surface area contributed by atoms with Crippen LogP contribution in [0.2, 0.25) is 0 Å². The summed E-state index contributed by atoms with van der Waals surface area (Å²) in [5.74, 6) is 0.592. The fourth-order valence-corrected chi connectivity index (χ4v) is 2.67. The normalized spacial score (nSPS) is 11.8. The van der Waals surface area contributed by atoms with Crippen molar-refractivity contribution in [1.29, 1.82) is 0 Å². The highest BCUT2D eigenvalue weighted by Gasteiger charge is 2.26. The molecule has 0 aliphatic heterocycles. The zero-order chi connectivity index (χ0) is 19.3. The van der Waals surface area contributed by atoms with Gasteiger partial charge in [0.15, 0.2) is 5.75 Å². The summed E-state index contributed by atoms with van der Waals surface area (Å²) in [5, 5.41) is 1.87. The van der Waals surface area contributed by atoms with Gasteiger partial charge < -0.3 is 9.62 Å². The summed E-state index contributed by atoms with van der Waals surface area (Å²) in [7, 11) is 1.46. The number of hydrogen-bond donors (Lipinski definition) is 0. The summed E-state index contributed by atoms with van der Waals surface area (Å²) in [5.41, 5.74) is 0.950. The van der Waals surface area contributed by atoms with Gasteiger partial charge >= 0.3 is 6.09 Å². The van der Waals surface area contributed by atoms with E-state index in [0.29, 0.717) is 12.3 Å². The van der Waals surface area contributed by atoms with Crippen LogP contribution in [-0.2, 0) is 9.62 Å². The molecule has 0 unspecified atom stereocenters. The van der Waals surface area contributed by atoms with Gasteiger partial charge in [-0.3, -0.25) is 4.90 Å². The van der Waals surface area contributed by atoms with Crippen LogP contribution in [0, 0.1) is 6.92 Å². The van der Waals surface area contributed by atoms with Crippen molar-refractivity contribution in [3.8, 4) is 5.75 Å². The van der Waals surface area contributed by atoms with E-state index >= 15 is 0 Å². The Morgan fingerprint density at radius 3 is 2.54 bits per heavy atom. The summed E-state index contributed by atoms with van der Waals surface area (Å²) in [6.45, 7) is 9.78. The molecule has 5 nitrogen and oxygen atoms in total. The third kappa shape index (κ3) is 4.55. The molecule has 0 atom stereocenters. The van der Waals surface area contributed by atoms with E-state index in [2.05, 4.69) is 0 Å². The molecule has 2 rings (SSSR count). The van der Waals surface area contributed by atoms with Crippen LogP contribution in [-0.4, -0.2) is 25.3 Å². The second kappa shape index (κ2) is 8.23. The number of anilines is 1. The molecule has 2 aromatic carbocycles. The van der Waals surface area contributed by atoms with Crippen LogP contribution in [0.5, 0.6) is 5.75 Å². The smallest absolute Gasteiger partial charge is 0.415 e. The lowest BCUT2D eigenvalue weighted by Crippen LogP contribution is -2.37. The maximum absolute atomic E-state index is 12.8. The molecule has 1 amide bonds. The van der Waals surface area contributed by atoms with Crippen molar-refractivity contribution in [2.45, 2.75) is 40.2 Å². The third-order valence-corrected chi connectivity index (χ3v) is 3.82. The minimum absolute atomic E-state index is 0.400. The van der Waals surface area contributed by atoms with Crippen LogP contribution in [0.3, 0.4) is 0 Å². The summed E-state index contributed by atoms with van der Waals surface area (Å²) in [6, 6.07) is 9.80. The molecular weight excluding hydrogens is 330 g/mol. The first kappa shape index (κ1) is 19.8. The van der Waals surface area contributed by atoms with Crippen LogP contribution >= 0.6 is 0 Å². The summed E-state index contributed by atoms with van der Waals surface area (Å²) >= 11 is 0. The SMILES string of the molecule is C/C=C/CN(C(=O)OC(C)(C)C)c1cc2ccccc2c(OOC)c1C. The average molecular weight is 357 g/mol. The standard InChI is InChI=1S/C21H27NO4/c1-7-8-13-22(20(23)25-21(3,4)5)18-14-16-11-9-10-12-17(16)19(15(18)2)26-24-6/h7-12,14H,13H2,1-6H3/b8-7+. The second-order valence-electron chi connectivity index (χ2n) is 6.98. The molecule has 2 aromatic rings. The number of carbonyl (C=O) groups excluding carboxylic acids is 1. The van der Waals surface area contributed by atoms with E-state index in [1.807, 2.05) is 77.1 Å². The number of rotatable bonds is 5. The lowest BCUT2D eigenvalue weighted by Gasteiger charge is -2.28. The van der Waals surface area contributed by atoms with E-state index in [-0.39, 0.29) is 0 Å². The minimum atomic E-state index is -0.581. The fourth-order valence-electron chi connectivity index (χ4n) is 2.67. The number of carbonyl (C=O) groups is 1. The first-order chi connectivity index (χ1) is 12.3. The number of ether oxygens (including phenoxy) is 1. The lowest BCUT2D eigenvalue weighted by molar-refractivity contribution is -0.177. The Labute approximate surface area is 155 Å².